The quantitative estimate of drug-likeness (QED) is 0.806. The van der Waals surface area contributed by atoms with Crippen molar-refractivity contribution in [2.75, 3.05) is 0 Å². The summed E-state index contributed by atoms with van der Waals surface area (Å²) < 4.78 is 41.2. The van der Waals surface area contributed by atoms with E-state index in [-0.39, 0.29) is 23.9 Å². The van der Waals surface area contributed by atoms with Crippen LogP contribution in [0.25, 0.3) is 11.1 Å². The lowest BCUT2D eigenvalue weighted by molar-refractivity contribution is 0.199. The Labute approximate surface area is 124 Å². The molecule has 21 heavy (non-hydrogen) atoms. The molecule has 0 unspecified atom stereocenters. The van der Waals surface area contributed by atoms with Gasteiger partial charge in [0.2, 0.25) is 0 Å². The average molecular weight is 316 g/mol. The Morgan fingerprint density at radius 3 is 2.67 bits per heavy atom. The van der Waals surface area contributed by atoms with E-state index in [2.05, 4.69) is 10.1 Å². The summed E-state index contributed by atoms with van der Waals surface area (Å²) in [7, 11) is 0. The average Bonchev–Trinajstić information content (AvgIpc) is 3.01. The zero-order valence-electron chi connectivity index (χ0n) is 11.0. The van der Waals surface area contributed by atoms with Crippen molar-refractivity contribution in [3.05, 3.63) is 35.6 Å². The summed E-state index contributed by atoms with van der Waals surface area (Å²) in [5.41, 5.74) is 1.07. The van der Waals surface area contributed by atoms with Crippen LogP contribution in [0.4, 0.5) is 13.2 Å². The number of rotatable bonds is 3. The molecule has 0 radical (unpaired) electrons. The zero-order valence-corrected chi connectivity index (χ0v) is 11.8. The van der Waals surface area contributed by atoms with Gasteiger partial charge in [0.1, 0.15) is 23.3 Å². The summed E-state index contributed by atoms with van der Waals surface area (Å²) in [4.78, 5) is 3.74. The molecule has 1 saturated carbocycles. The molecule has 3 rings (SSSR count). The van der Waals surface area contributed by atoms with Crippen LogP contribution in [0.3, 0.4) is 0 Å². The molecule has 1 fully saturated rings. The Morgan fingerprint density at radius 1 is 1.24 bits per heavy atom. The van der Waals surface area contributed by atoms with E-state index in [1.807, 2.05) is 0 Å². The fourth-order valence-electron chi connectivity index (χ4n) is 2.67. The third-order valence-electron chi connectivity index (χ3n) is 3.70. The van der Waals surface area contributed by atoms with Crippen LogP contribution in [-0.2, 0) is 6.54 Å². The molecule has 0 amide bonds. The summed E-state index contributed by atoms with van der Waals surface area (Å²) in [6.07, 6.45) is 1.91. The molecule has 0 aromatic carbocycles. The van der Waals surface area contributed by atoms with Crippen molar-refractivity contribution in [1.82, 2.24) is 14.8 Å². The third-order valence-corrected chi connectivity index (χ3v) is 4.01. The summed E-state index contributed by atoms with van der Waals surface area (Å²) in [6.45, 7) is 0.432. The zero-order chi connectivity index (χ0) is 15.0. The number of hydrogen-bond donors (Lipinski definition) is 0. The van der Waals surface area contributed by atoms with Crippen molar-refractivity contribution in [2.24, 2.45) is 5.92 Å². The fourth-order valence-corrected chi connectivity index (χ4v) is 2.88. The molecule has 7 heteroatoms. The van der Waals surface area contributed by atoms with Gasteiger partial charge in [0, 0.05) is 23.9 Å². The molecule has 2 atom stereocenters. The molecule has 0 N–H and O–H groups in total. The van der Waals surface area contributed by atoms with E-state index in [1.165, 1.54) is 12.3 Å². The van der Waals surface area contributed by atoms with E-state index in [4.69, 9.17) is 11.6 Å². The van der Waals surface area contributed by atoms with Crippen molar-refractivity contribution >= 4 is 11.6 Å². The third kappa shape index (κ3) is 3.05. The maximum absolute atomic E-state index is 13.2. The SMILES string of the molecule is Fc1cnc(Cl)c(-c2cnn(CC3C[C@@H](F)[C@H](F)C3)c2)c1. The molecule has 2 aromatic heterocycles. The minimum Gasteiger partial charge on any atom is -0.272 e. The first-order valence-electron chi connectivity index (χ1n) is 6.65. The Morgan fingerprint density at radius 2 is 1.95 bits per heavy atom. The van der Waals surface area contributed by atoms with Gasteiger partial charge in [-0.3, -0.25) is 4.68 Å². The first kappa shape index (κ1) is 14.4. The number of aromatic nitrogens is 3. The minimum atomic E-state index is -1.38. The van der Waals surface area contributed by atoms with E-state index in [1.54, 1.807) is 10.9 Å². The van der Waals surface area contributed by atoms with Crippen LogP contribution < -0.4 is 0 Å². The van der Waals surface area contributed by atoms with E-state index < -0.39 is 18.2 Å². The van der Waals surface area contributed by atoms with Gasteiger partial charge in [0.25, 0.3) is 0 Å². The fraction of sp³-hybridized carbons (Fsp3) is 0.429. The van der Waals surface area contributed by atoms with E-state index in [9.17, 15) is 13.2 Å². The van der Waals surface area contributed by atoms with E-state index in [0.29, 0.717) is 17.7 Å². The highest BCUT2D eigenvalue weighted by Gasteiger charge is 2.34. The number of alkyl halides is 2. The summed E-state index contributed by atoms with van der Waals surface area (Å²) in [5.74, 6) is -0.567. The second-order valence-corrected chi connectivity index (χ2v) is 5.67. The number of hydrogen-bond acceptors (Lipinski definition) is 2. The molecule has 112 valence electrons. The molecule has 2 heterocycles. The predicted molar refractivity (Wildman–Crippen MR) is 72.9 cm³/mol. The van der Waals surface area contributed by atoms with Crippen molar-refractivity contribution < 1.29 is 13.2 Å². The number of nitrogens with zero attached hydrogens (tertiary/aromatic N) is 3. The molecule has 0 spiro atoms. The molecule has 2 aromatic rings. The van der Waals surface area contributed by atoms with Crippen molar-refractivity contribution in [1.29, 1.82) is 0 Å². The monoisotopic (exact) mass is 315 g/mol. The van der Waals surface area contributed by atoms with Gasteiger partial charge < -0.3 is 0 Å². The van der Waals surface area contributed by atoms with E-state index in [0.717, 1.165) is 6.20 Å². The second-order valence-electron chi connectivity index (χ2n) is 5.31. The van der Waals surface area contributed by atoms with Gasteiger partial charge >= 0.3 is 0 Å². The molecular weight excluding hydrogens is 303 g/mol. The number of halogens is 4. The van der Waals surface area contributed by atoms with Crippen LogP contribution >= 0.6 is 11.6 Å². The lowest BCUT2D eigenvalue weighted by Gasteiger charge is -2.08. The van der Waals surface area contributed by atoms with Crippen molar-refractivity contribution in [3.63, 3.8) is 0 Å². The van der Waals surface area contributed by atoms with Crippen molar-refractivity contribution in [3.8, 4) is 11.1 Å². The lowest BCUT2D eigenvalue weighted by Crippen LogP contribution is -2.08. The normalized spacial score (nSPS) is 22.9. The van der Waals surface area contributed by atoms with Crippen LogP contribution in [0.1, 0.15) is 12.8 Å². The van der Waals surface area contributed by atoms with Crippen LogP contribution in [-0.4, -0.2) is 27.1 Å². The van der Waals surface area contributed by atoms with Gasteiger partial charge in [-0.25, -0.2) is 18.2 Å². The maximum Gasteiger partial charge on any atom is 0.142 e. The maximum atomic E-state index is 13.2. The van der Waals surface area contributed by atoms with Crippen LogP contribution in [0.5, 0.6) is 0 Å². The van der Waals surface area contributed by atoms with Crippen LogP contribution in [0.15, 0.2) is 24.7 Å². The summed E-state index contributed by atoms with van der Waals surface area (Å²) in [5, 5.41) is 4.32. The molecule has 1 aliphatic carbocycles. The highest BCUT2D eigenvalue weighted by molar-refractivity contribution is 6.32. The number of pyridine rings is 1. The van der Waals surface area contributed by atoms with Gasteiger partial charge in [-0.15, -0.1) is 0 Å². The Bertz CT molecular complexity index is 636. The Balaban J connectivity index is 1.76. The van der Waals surface area contributed by atoms with Gasteiger partial charge in [-0.1, -0.05) is 11.6 Å². The topological polar surface area (TPSA) is 30.7 Å². The molecular formula is C14H13ClF3N3. The summed E-state index contributed by atoms with van der Waals surface area (Å²) in [6, 6.07) is 1.28. The lowest BCUT2D eigenvalue weighted by atomic mass is 10.1. The van der Waals surface area contributed by atoms with Gasteiger partial charge in [-0.05, 0) is 24.8 Å². The van der Waals surface area contributed by atoms with Gasteiger partial charge in [0.05, 0.1) is 12.4 Å². The predicted octanol–water partition coefficient (Wildman–Crippen LogP) is 3.82. The van der Waals surface area contributed by atoms with Crippen LogP contribution in [0.2, 0.25) is 5.15 Å². The molecule has 0 bridgehead atoms. The van der Waals surface area contributed by atoms with Gasteiger partial charge in [0.15, 0.2) is 0 Å². The Hall–Kier alpha value is -1.56. The minimum absolute atomic E-state index is 0.0798. The van der Waals surface area contributed by atoms with Gasteiger partial charge in [-0.2, -0.15) is 5.10 Å². The second kappa shape index (κ2) is 5.67. The smallest absolute Gasteiger partial charge is 0.142 e. The highest BCUT2D eigenvalue weighted by Crippen LogP contribution is 2.32. The standard InChI is InChI=1S/C14H13ClF3N3/c15-14-11(3-10(16)5-19-14)9-4-20-21(7-9)6-8-1-12(17)13(18)2-8/h3-5,7-8,12-13H,1-2,6H2/t12-,13-/m1/s1. The first-order chi connectivity index (χ1) is 10.0. The van der Waals surface area contributed by atoms with Crippen molar-refractivity contribution in [2.45, 2.75) is 31.7 Å². The molecule has 3 nitrogen and oxygen atoms in total. The summed E-state index contributed by atoms with van der Waals surface area (Å²) >= 11 is 5.93. The molecule has 0 saturated heterocycles. The molecule has 1 aliphatic rings. The largest absolute Gasteiger partial charge is 0.272 e. The highest BCUT2D eigenvalue weighted by atomic mass is 35.5. The van der Waals surface area contributed by atoms with E-state index >= 15 is 0 Å². The first-order valence-corrected chi connectivity index (χ1v) is 7.02. The Kier molecular flexibility index (Phi) is 3.89. The molecule has 0 aliphatic heterocycles. The van der Waals surface area contributed by atoms with Crippen LogP contribution in [0, 0.1) is 11.7 Å².